The lowest BCUT2D eigenvalue weighted by atomic mass is 9.80. The van der Waals surface area contributed by atoms with Crippen molar-refractivity contribution in [1.82, 2.24) is 5.32 Å². The summed E-state index contributed by atoms with van der Waals surface area (Å²) in [4.78, 5) is 29.7. The van der Waals surface area contributed by atoms with Gasteiger partial charge in [0.15, 0.2) is 5.11 Å². The molecular formula is C26H29N3O2S. The molecule has 0 unspecified atom stereocenters. The van der Waals surface area contributed by atoms with Gasteiger partial charge in [-0.3, -0.25) is 19.8 Å². The first-order valence-corrected chi connectivity index (χ1v) is 11.4. The maximum atomic E-state index is 13.3. The van der Waals surface area contributed by atoms with E-state index < -0.39 is 11.8 Å². The second-order valence-corrected chi connectivity index (χ2v) is 9.66. The smallest absolute Gasteiger partial charge is 0.270 e. The van der Waals surface area contributed by atoms with E-state index in [4.69, 9.17) is 12.2 Å². The van der Waals surface area contributed by atoms with Gasteiger partial charge in [0.2, 0.25) is 0 Å². The third-order valence-electron chi connectivity index (χ3n) is 6.67. The molecule has 0 bridgehead atoms. The molecular weight excluding hydrogens is 418 g/mol. The number of amides is 2. The number of carbonyl (C=O) groups excluding carboxylic acids is 2. The molecule has 6 heteroatoms. The van der Waals surface area contributed by atoms with Gasteiger partial charge in [-0.05, 0) is 91.9 Å². The fourth-order valence-corrected chi connectivity index (χ4v) is 4.91. The lowest BCUT2D eigenvalue weighted by molar-refractivity contribution is -0.122. The Morgan fingerprint density at radius 3 is 2.50 bits per heavy atom. The average Bonchev–Trinajstić information content (AvgIpc) is 2.75. The number of anilines is 2. The maximum absolute atomic E-state index is 13.3. The molecule has 32 heavy (non-hydrogen) atoms. The van der Waals surface area contributed by atoms with Crippen molar-refractivity contribution in [3.05, 3.63) is 64.7 Å². The molecule has 4 rings (SSSR count). The zero-order valence-corrected chi connectivity index (χ0v) is 20.0. The van der Waals surface area contributed by atoms with Gasteiger partial charge >= 0.3 is 0 Å². The van der Waals surface area contributed by atoms with E-state index in [0.717, 1.165) is 18.4 Å². The Labute approximate surface area is 195 Å². The molecule has 1 saturated heterocycles. The van der Waals surface area contributed by atoms with Crippen LogP contribution in [0.5, 0.6) is 0 Å². The molecule has 5 nitrogen and oxygen atoms in total. The largest absolute Gasteiger partial charge is 0.369 e. The minimum absolute atomic E-state index is 0.0785. The zero-order chi connectivity index (χ0) is 23.2. The van der Waals surface area contributed by atoms with Crippen molar-refractivity contribution in [2.45, 2.75) is 52.0 Å². The SMILES string of the molecule is CCc1ccc(N2C(=O)/C(=C/c3ccc4c(c3)[C@H](C)CC(C)(C)N4C)C(=O)NC2=S)cc1. The first-order valence-electron chi connectivity index (χ1n) is 11.0. The van der Waals surface area contributed by atoms with Crippen LogP contribution in [0.1, 0.15) is 56.7 Å². The summed E-state index contributed by atoms with van der Waals surface area (Å²) in [5, 5.41) is 2.77. The topological polar surface area (TPSA) is 52.7 Å². The van der Waals surface area contributed by atoms with Crippen molar-refractivity contribution in [2.75, 3.05) is 16.8 Å². The van der Waals surface area contributed by atoms with Crippen LogP contribution < -0.4 is 15.1 Å². The van der Waals surface area contributed by atoms with Crippen LogP contribution in [0.15, 0.2) is 48.0 Å². The highest BCUT2D eigenvalue weighted by atomic mass is 32.1. The summed E-state index contributed by atoms with van der Waals surface area (Å²) in [7, 11) is 2.11. The summed E-state index contributed by atoms with van der Waals surface area (Å²) in [6.45, 7) is 8.80. The molecule has 2 amide bonds. The Bertz CT molecular complexity index is 1130. The molecule has 0 aromatic heterocycles. The molecule has 1 N–H and O–H groups in total. The van der Waals surface area contributed by atoms with Gasteiger partial charge in [-0.15, -0.1) is 0 Å². The van der Waals surface area contributed by atoms with E-state index in [1.54, 1.807) is 6.08 Å². The number of thiocarbonyl (C=S) groups is 1. The molecule has 2 aromatic rings. The minimum Gasteiger partial charge on any atom is -0.369 e. The Hall–Kier alpha value is -2.99. The van der Waals surface area contributed by atoms with Crippen LogP contribution in [0.2, 0.25) is 0 Å². The fraction of sp³-hybridized carbons (Fsp3) is 0.346. The van der Waals surface area contributed by atoms with Crippen LogP contribution in [0.4, 0.5) is 11.4 Å². The van der Waals surface area contributed by atoms with Gasteiger partial charge in [0.25, 0.3) is 11.8 Å². The van der Waals surface area contributed by atoms with E-state index in [9.17, 15) is 9.59 Å². The van der Waals surface area contributed by atoms with E-state index in [1.807, 2.05) is 30.3 Å². The van der Waals surface area contributed by atoms with Gasteiger partial charge in [0, 0.05) is 18.3 Å². The van der Waals surface area contributed by atoms with E-state index >= 15 is 0 Å². The molecule has 1 fully saturated rings. The number of hydrogen-bond donors (Lipinski definition) is 1. The van der Waals surface area contributed by atoms with Crippen molar-refractivity contribution >= 4 is 46.6 Å². The first-order chi connectivity index (χ1) is 15.1. The lowest BCUT2D eigenvalue weighted by Crippen LogP contribution is -2.54. The molecule has 2 aromatic carbocycles. The highest BCUT2D eigenvalue weighted by molar-refractivity contribution is 7.80. The van der Waals surface area contributed by atoms with Gasteiger partial charge in [0.1, 0.15) is 5.57 Å². The van der Waals surface area contributed by atoms with Crippen LogP contribution in [0.25, 0.3) is 6.08 Å². The monoisotopic (exact) mass is 447 g/mol. The summed E-state index contributed by atoms with van der Waals surface area (Å²) in [5.74, 6) is -0.496. The van der Waals surface area contributed by atoms with Gasteiger partial charge in [-0.1, -0.05) is 32.0 Å². The van der Waals surface area contributed by atoms with Crippen LogP contribution >= 0.6 is 12.2 Å². The second-order valence-electron chi connectivity index (χ2n) is 9.27. The molecule has 2 heterocycles. The quantitative estimate of drug-likeness (QED) is 0.417. The minimum atomic E-state index is -0.467. The lowest BCUT2D eigenvalue weighted by Gasteiger charge is -2.45. The van der Waals surface area contributed by atoms with E-state index in [-0.39, 0.29) is 16.2 Å². The van der Waals surface area contributed by atoms with Crippen molar-refractivity contribution in [3.8, 4) is 0 Å². The predicted molar refractivity (Wildman–Crippen MR) is 134 cm³/mol. The highest BCUT2D eigenvalue weighted by Crippen LogP contribution is 2.42. The molecule has 0 saturated carbocycles. The maximum Gasteiger partial charge on any atom is 0.270 e. The number of rotatable bonds is 3. The van der Waals surface area contributed by atoms with E-state index in [1.165, 1.54) is 21.7 Å². The standard InChI is InChI=1S/C26H29N3O2S/c1-6-17-7-10-19(11-8-17)29-24(31)21(23(30)27-25(29)32)14-18-9-12-22-20(13-18)16(2)15-26(3,4)28(22)5/h7-14,16H,6,15H2,1-5H3,(H,27,30,32)/b21-14+/t16-/m1/s1. The first kappa shape index (κ1) is 22.2. The van der Waals surface area contributed by atoms with Crippen LogP contribution in [-0.4, -0.2) is 29.5 Å². The number of nitrogens with zero attached hydrogens (tertiary/aromatic N) is 2. The van der Waals surface area contributed by atoms with Crippen molar-refractivity contribution in [1.29, 1.82) is 0 Å². The second kappa shape index (κ2) is 8.17. The summed E-state index contributed by atoms with van der Waals surface area (Å²) in [6, 6.07) is 13.8. The van der Waals surface area contributed by atoms with Crippen molar-refractivity contribution in [3.63, 3.8) is 0 Å². The molecule has 0 aliphatic carbocycles. The Morgan fingerprint density at radius 1 is 1.16 bits per heavy atom. The highest BCUT2D eigenvalue weighted by Gasteiger charge is 2.36. The molecule has 1 atom stereocenters. The average molecular weight is 448 g/mol. The Kier molecular flexibility index (Phi) is 5.67. The van der Waals surface area contributed by atoms with Gasteiger partial charge in [-0.2, -0.15) is 0 Å². The summed E-state index contributed by atoms with van der Waals surface area (Å²) >= 11 is 5.31. The van der Waals surface area contributed by atoms with Crippen molar-refractivity contribution in [2.24, 2.45) is 0 Å². The molecule has 2 aliphatic rings. The normalized spacial score (nSPS) is 21.6. The molecule has 0 spiro atoms. The predicted octanol–water partition coefficient (Wildman–Crippen LogP) is 4.80. The number of carbonyl (C=O) groups is 2. The van der Waals surface area contributed by atoms with Crippen LogP contribution in [0.3, 0.4) is 0 Å². The molecule has 166 valence electrons. The number of fused-ring (bicyclic) bond motifs is 1. The molecule has 0 radical (unpaired) electrons. The Morgan fingerprint density at radius 2 is 1.84 bits per heavy atom. The van der Waals surface area contributed by atoms with Crippen LogP contribution in [0, 0.1) is 0 Å². The summed E-state index contributed by atoms with van der Waals surface area (Å²) in [6.07, 6.45) is 3.61. The number of nitrogens with one attached hydrogen (secondary N) is 1. The number of benzene rings is 2. The zero-order valence-electron chi connectivity index (χ0n) is 19.2. The third kappa shape index (κ3) is 3.84. The number of aryl methyl sites for hydroxylation is 1. The van der Waals surface area contributed by atoms with Gasteiger partial charge in [-0.25, -0.2) is 0 Å². The fourth-order valence-electron chi connectivity index (χ4n) is 4.62. The summed E-state index contributed by atoms with van der Waals surface area (Å²) in [5.41, 5.74) is 5.22. The third-order valence-corrected chi connectivity index (χ3v) is 6.96. The Balaban J connectivity index is 1.70. The van der Waals surface area contributed by atoms with Gasteiger partial charge < -0.3 is 4.90 Å². The van der Waals surface area contributed by atoms with Crippen molar-refractivity contribution < 1.29 is 9.59 Å². The number of hydrogen-bond acceptors (Lipinski definition) is 4. The van der Waals surface area contributed by atoms with E-state index in [2.05, 4.69) is 57.1 Å². The van der Waals surface area contributed by atoms with E-state index in [0.29, 0.717) is 11.6 Å². The molecule has 2 aliphatic heterocycles. The van der Waals surface area contributed by atoms with Gasteiger partial charge in [0.05, 0.1) is 5.69 Å². The summed E-state index contributed by atoms with van der Waals surface area (Å²) < 4.78 is 0. The van der Waals surface area contributed by atoms with Crippen LogP contribution in [-0.2, 0) is 16.0 Å².